The number of anilines is 1. The van der Waals surface area contributed by atoms with E-state index in [9.17, 15) is 22.8 Å². The summed E-state index contributed by atoms with van der Waals surface area (Å²) in [6.07, 6.45) is 1.58. The molecule has 4 rings (SSSR count). The molecule has 3 aromatic carbocycles. The van der Waals surface area contributed by atoms with Gasteiger partial charge in [-0.3, -0.25) is 23.6 Å². The SMILES string of the molecule is COc1ccc(/C=C2\SC(=O)N(CCNC(=O)c3ccc(Cl)c(S(=O)(=O)N(C)c4ccccc4)c3)C2=O)cc1OC. The van der Waals surface area contributed by atoms with E-state index < -0.39 is 27.1 Å². The maximum atomic E-state index is 13.2. The number of methoxy groups -OCH3 is 2. The molecule has 0 radical (unpaired) electrons. The Balaban J connectivity index is 1.42. The molecule has 1 heterocycles. The first-order valence-electron chi connectivity index (χ1n) is 12.2. The molecule has 1 aliphatic rings. The highest BCUT2D eigenvalue weighted by Gasteiger charge is 2.35. The van der Waals surface area contributed by atoms with Gasteiger partial charge in [0.25, 0.3) is 27.1 Å². The van der Waals surface area contributed by atoms with Crippen LogP contribution in [0.3, 0.4) is 0 Å². The molecule has 0 bridgehead atoms. The number of rotatable bonds is 10. The number of carbonyl (C=O) groups is 3. The van der Waals surface area contributed by atoms with Crippen LogP contribution in [0, 0.1) is 0 Å². The van der Waals surface area contributed by atoms with Crippen LogP contribution in [-0.2, 0) is 14.8 Å². The minimum absolute atomic E-state index is 0.0385. The second-order valence-electron chi connectivity index (χ2n) is 8.66. The Kier molecular flexibility index (Phi) is 9.26. The van der Waals surface area contributed by atoms with E-state index in [1.807, 2.05) is 0 Å². The number of nitrogens with one attached hydrogen (secondary N) is 1. The molecule has 3 amide bonds. The summed E-state index contributed by atoms with van der Waals surface area (Å²) in [5.41, 5.74) is 1.13. The smallest absolute Gasteiger partial charge is 0.293 e. The number of hydrogen-bond acceptors (Lipinski definition) is 8. The average Bonchev–Trinajstić information content (AvgIpc) is 3.24. The van der Waals surface area contributed by atoms with E-state index in [0.29, 0.717) is 22.7 Å². The van der Waals surface area contributed by atoms with Crippen LogP contribution in [0.25, 0.3) is 6.08 Å². The fourth-order valence-electron chi connectivity index (χ4n) is 3.94. The predicted octanol–water partition coefficient (Wildman–Crippen LogP) is 4.65. The third kappa shape index (κ3) is 6.50. The summed E-state index contributed by atoms with van der Waals surface area (Å²) in [6, 6.07) is 17.5. The zero-order valence-electron chi connectivity index (χ0n) is 22.3. The Hall–Kier alpha value is -4.00. The van der Waals surface area contributed by atoms with E-state index in [1.165, 1.54) is 39.5 Å². The fourth-order valence-corrected chi connectivity index (χ4v) is 6.50. The van der Waals surface area contributed by atoms with Crippen molar-refractivity contribution in [3.05, 3.63) is 87.8 Å². The van der Waals surface area contributed by atoms with Crippen molar-refractivity contribution < 1.29 is 32.3 Å². The van der Waals surface area contributed by atoms with Gasteiger partial charge < -0.3 is 14.8 Å². The number of nitrogens with zero attached hydrogens (tertiary/aromatic N) is 2. The van der Waals surface area contributed by atoms with Gasteiger partial charge in [-0.2, -0.15) is 0 Å². The van der Waals surface area contributed by atoms with Crippen molar-refractivity contribution in [3.8, 4) is 11.5 Å². The summed E-state index contributed by atoms with van der Waals surface area (Å²) in [5, 5.41) is 2.11. The Labute approximate surface area is 246 Å². The summed E-state index contributed by atoms with van der Waals surface area (Å²) < 4.78 is 38.0. The molecule has 1 N–H and O–H groups in total. The zero-order valence-corrected chi connectivity index (χ0v) is 24.7. The molecule has 0 aromatic heterocycles. The Morgan fingerprint density at radius 1 is 1.02 bits per heavy atom. The maximum absolute atomic E-state index is 13.2. The molecule has 1 saturated heterocycles. The van der Waals surface area contributed by atoms with Crippen LogP contribution in [0.15, 0.2) is 76.5 Å². The number of amides is 3. The van der Waals surface area contributed by atoms with Gasteiger partial charge in [-0.05, 0) is 65.9 Å². The molecule has 1 fully saturated rings. The number of halogens is 1. The highest BCUT2D eigenvalue weighted by Crippen LogP contribution is 2.34. The lowest BCUT2D eigenvalue weighted by atomic mass is 10.2. The summed E-state index contributed by atoms with van der Waals surface area (Å²) in [4.78, 5) is 39.3. The molecule has 41 heavy (non-hydrogen) atoms. The van der Waals surface area contributed by atoms with Gasteiger partial charge in [0.05, 0.1) is 29.8 Å². The lowest BCUT2D eigenvalue weighted by Gasteiger charge is -2.20. The highest BCUT2D eigenvalue weighted by atomic mass is 35.5. The second-order valence-corrected chi connectivity index (χ2v) is 12.0. The molecule has 0 spiro atoms. The average molecular weight is 616 g/mol. The monoisotopic (exact) mass is 615 g/mol. The van der Waals surface area contributed by atoms with Crippen LogP contribution in [0.5, 0.6) is 11.5 Å². The highest BCUT2D eigenvalue weighted by molar-refractivity contribution is 8.18. The Morgan fingerprint density at radius 3 is 2.41 bits per heavy atom. The normalized spacial score (nSPS) is 14.3. The number of hydrogen-bond donors (Lipinski definition) is 1. The van der Waals surface area contributed by atoms with Gasteiger partial charge in [-0.25, -0.2) is 8.42 Å². The van der Waals surface area contributed by atoms with Crippen molar-refractivity contribution in [2.24, 2.45) is 0 Å². The first-order valence-corrected chi connectivity index (χ1v) is 14.8. The molecule has 214 valence electrons. The van der Waals surface area contributed by atoms with Crippen molar-refractivity contribution in [1.29, 1.82) is 0 Å². The minimum Gasteiger partial charge on any atom is -0.493 e. The molecule has 0 unspecified atom stereocenters. The molecular formula is C28H26ClN3O7S2. The molecule has 1 aliphatic heterocycles. The topological polar surface area (TPSA) is 122 Å². The van der Waals surface area contributed by atoms with Crippen LogP contribution in [0.2, 0.25) is 5.02 Å². The van der Waals surface area contributed by atoms with Gasteiger partial charge in [-0.15, -0.1) is 0 Å². The number of imide groups is 1. The standard InChI is InChI=1S/C28H26ClN3O7S2/c1-31(20-7-5-4-6-8-20)41(36,37)25-17-19(10-11-21(25)29)26(33)30-13-14-32-27(34)24(40-28(32)35)16-18-9-12-22(38-2)23(15-18)39-3/h4-12,15-17H,13-14H2,1-3H3,(H,30,33)/b24-16-. The molecule has 10 nitrogen and oxygen atoms in total. The van der Waals surface area contributed by atoms with Gasteiger partial charge in [0, 0.05) is 25.7 Å². The van der Waals surface area contributed by atoms with E-state index in [-0.39, 0.29) is 33.5 Å². The van der Waals surface area contributed by atoms with E-state index in [4.69, 9.17) is 21.1 Å². The Morgan fingerprint density at radius 2 is 1.73 bits per heavy atom. The number of thioether (sulfide) groups is 1. The summed E-state index contributed by atoms with van der Waals surface area (Å²) in [7, 11) is 0.336. The third-order valence-electron chi connectivity index (χ3n) is 6.15. The summed E-state index contributed by atoms with van der Waals surface area (Å²) in [5.74, 6) is -0.0728. The van der Waals surface area contributed by atoms with Gasteiger partial charge in [0.15, 0.2) is 11.5 Å². The number of sulfonamides is 1. The molecule has 0 aliphatic carbocycles. The lowest BCUT2D eigenvalue weighted by Crippen LogP contribution is -2.37. The van der Waals surface area contributed by atoms with Crippen LogP contribution < -0.4 is 19.1 Å². The molecule has 3 aromatic rings. The molecule has 0 atom stereocenters. The van der Waals surface area contributed by atoms with Crippen molar-refractivity contribution in [2.45, 2.75) is 4.90 Å². The van der Waals surface area contributed by atoms with E-state index in [1.54, 1.807) is 54.6 Å². The molecular weight excluding hydrogens is 590 g/mol. The lowest BCUT2D eigenvalue weighted by molar-refractivity contribution is -0.122. The number of ether oxygens (including phenoxy) is 2. The number of carbonyl (C=O) groups excluding carboxylic acids is 3. The number of para-hydroxylation sites is 1. The van der Waals surface area contributed by atoms with Gasteiger partial charge in [-0.1, -0.05) is 35.9 Å². The maximum Gasteiger partial charge on any atom is 0.293 e. The fraction of sp³-hybridized carbons (Fsp3) is 0.179. The van der Waals surface area contributed by atoms with Crippen molar-refractivity contribution in [3.63, 3.8) is 0 Å². The largest absolute Gasteiger partial charge is 0.493 e. The van der Waals surface area contributed by atoms with Gasteiger partial charge in [0.1, 0.15) is 4.90 Å². The zero-order chi connectivity index (χ0) is 29.7. The van der Waals surface area contributed by atoms with E-state index in [0.717, 1.165) is 21.0 Å². The second kappa shape index (κ2) is 12.7. The van der Waals surface area contributed by atoms with Crippen molar-refractivity contribution in [2.75, 3.05) is 38.7 Å². The van der Waals surface area contributed by atoms with Crippen LogP contribution in [-0.4, -0.2) is 64.7 Å². The van der Waals surface area contributed by atoms with Gasteiger partial charge in [0.2, 0.25) is 0 Å². The Bertz CT molecular complexity index is 1630. The first-order chi connectivity index (χ1) is 19.6. The first kappa shape index (κ1) is 30.0. The van der Waals surface area contributed by atoms with Gasteiger partial charge >= 0.3 is 0 Å². The number of benzene rings is 3. The minimum atomic E-state index is -4.07. The molecule has 0 saturated carbocycles. The van der Waals surface area contributed by atoms with Crippen molar-refractivity contribution in [1.82, 2.24) is 10.2 Å². The third-order valence-corrected chi connectivity index (χ3v) is 9.33. The van der Waals surface area contributed by atoms with E-state index >= 15 is 0 Å². The summed E-state index contributed by atoms with van der Waals surface area (Å²) >= 11 is 6.99. The molecule has 13 heteroatoms. The van der Waals surface area contributed by atoms with Crippen LogP contribution in [0.4, 0.5) is 10.5 Å². The van der Waals surface area contributed by atoms with Crippen molar-refractivity contribution >= 4 is 62.2 Å². The predicted molar refractivity (Wildman–Crippen MR) is 158 cm³/mol. The van der Waals surface area contributed by atoms with Crippen LogP contribution in [0.1, 0.15) is 15.9 Å². The quantitative estimate of drug-likeness (QED) is 0.327. The summed E-state index contributed by atoms with van der Waals surface area (Å²) in [6.45, 7) is -0.121. The van der Waals surface area contributed by atoms with E-state index in [2.05, 4.69) is 5.32 Å². The van der Waals surface area contributed by atoms with Crippen LogP contribution >= 0.6 is 23.4 Å².